The molecule has 0 spiro atoms. The van der Waals surface area contributed by atoms with Crippen LogP contribution in [0.5, 0.6) is 0 Å². The van der Waals surface area contributed by atoms with Crippen LogP contribution in [0.3, 0.4) is 0 Å². The molecule has 0 saturated carbocycles. The van der Waals surface area contributed by atoms with Gasteiger partial charge in [0.1, 0.15) is 0 Å². The Morgan fingerprint density at radius 3 is 2.25 bits per heavy atom. The number of halogens is 2. The second-order valence-corrected chi connectivity index (χ2v) is 5.75. The summed E-state index contributed by atoms with van der Waals surface area (Å²) in [6.45, 7) is 2.28. The van der Waals surface area contributed by atoms with Crippen molar-refractivity contribution in [2.75, 3.05) is 0 Å². The second-order valence-electron chi connectivity index (χ2n) is 4.17. The first-order chi connectivity index (χ1) is 6.83. The van der Waals surface area contributed by atoms with Gasteiger partial charge in [-0.25, -0.2) is 0 Å². The van der Waals surface area contributed by atoms with Crippen molar-refractivity contribution in [3.63, 3.8) is 0 Å². The van der Waals surface area contributed by atoms with Crippen LogP contribution < -0.4 is 24.8 Å². The second kappa shape index (κ2) is 12.4. The zero-order chi connectivity index (χ0) is 10.2. The molecule has 0 heterocycles. The zero-order valence-electron chi connectivity index (χ0n) is 10.1. The van der Waals surface area contributed by atoms with Gasteiger partial charge < -0.3 is 24.8 Å². The van der Waals surface area contributed by atoms with Crippen LogP contribution in [-0.2, 0) is 24.7 Å². The minimum absolute atomic E-state index is 0. The molecular formula is C13H21Cl2Zr. The summed E-state index contributed by atoms with van der Waals surface area (Å²) < 4.78 is 1.62. The van der Waals surface area contributed by atoms with Gasteiger partial charge in [-0.05, 0) is 0 Å². The molecule has 0 fully saturated rings. The maximum Gasteiger partial charge on any atom is -1.00 e. The van der Waals surface area contributed by atoms with Crippen molar-refractivity contribution < 1.29 is 49.5 Å². The molecular weight excluding hydrogens is 318 g/mol. The Hall–Kier alpha value is 0.943. The quantitative estimate of drug-likeness (QED) is 0.496. The van der Waals surface area contributed by atoms with E-state index in [0.29, 0.717) is 0 Å². The fourth-order valence-electron chi connectivity index (χ4n) is 1.87. The fourth-order valence-corrected chi connectivity index (χ4v) is 2.57. The molecule has 1 aliphatic carbocycles. The van der Waals surface area contributed by atoms with E-state index in [-0.39, 0.29) is 24.8 Å². The zero-order valence-corrected chi connectivity index (χ0v) is 14.0. The molecule has 0 radical (unpaired) electrons. The summed E-state index contributed by atoms with van der Waals surface area (Å²) in [6.07, 6.45) is 15.9. The smallest absolute Gasteiger partial charge is 1.00 e. The number of rotatable bonds is 7. The monoisotopic (exact) mass is 337 g/mol. The molecule has 16 heavy (non-hydrogen) atoms. The van der Waals surface area contributed by atoms with E-state index in [2.05, 4.69) is 19.1 Å². The van der Waals surface area contributed by atoms with Crippen LogP contribution in [0.15, 0.2) is 21.0 Å². The molecule has 1 rings (SSSR count). The summed E-state index contributed by atoms with van der Waals surface area (Å²) in [5.74, 6) is 0. The van der Waals surface area contributed by atoms with E-state index in [9.17, 15) is 0 Å². The summed E-state index contributed by atoms with van der Waals surface area (Å²) in [5.41, 5.74) is 1.60. The SMILES string of the molecule is CCCCCCCCC1=CC[C]([Zr+2])=C1.[Cl-].[Cl-]. The maximum absolute atomic E-state index is 2.41. The van der Waals surface area contributed by atoms with E-state index < -0.39 is 0 Å². The first-order valence-corrected chi connectivity index (χ1v) is 7.17. The summed E-state index contributed by atoms with van der Waals surface area (Å²) in [4.78, 5) is 0. The van der Waals surface area contributed by atoms with E-state index in [4.69, 9.17) is 0 Å². The van der Waals surface area contributed by atoms with Crippen molar-refractivity contribution in [3.8, 4) is 0 Å². The van der Waals surface area contributed by atoms with Crippen LogP contribution in [0.25, 0.3) is 0 Å². The summed E-state index contributed by atoms with van der Waals surface area (Å²) >= 11 is 1.60. The molecule has 0 nitrogen and oxygen atoms in total. The third-order valence-corrected chi connectivity index (χ3v) is 3.62. The summed E-state index contributed by atoms with van der Waals surface area (Å²) in [6, 6.07) is 0. The van der Waals surface area contributed by atoms with Gasteiger partial charge in [0.25, 0.3) is 0 Å². The van der Waals surface area contributed by atoms with Crippen molar-refractivity contribution >= 4 is 0 Å². The van der Waals surface area contributed by atoms with Crippen LogP contribution in [0, 0.1) is 0 Å². The Kier molecular flexibility index (Phi) is 14.9. The first-order valence-electron chi connectivity index (χ1n) is 5.94. The minimum atomic E-state index is 0. The largest absolute Gasteiger partial charge is 1.00 e. The average molecular weight is 339 g/mol. The molecule has 0 aromatic carbocycles. The number of unbranched alkanes of at least 4 members (excludes halogenated alkanes) is 5. The van der Waals surface area contributed by atoms with Gasteiger partial charge in [-0.1, -0.05) is 0 Å². The molecule has 0 amide bonds. The molecule has 0 aliphatic heterocycles. The molecule has 0 N–H and O–H groups in total. The van der Waals surface area contributed by atoms with Crippen LogP contribution in [0.2, 0.25) is 0 Å². The Bertz CT molecular complexity index is 222. The molecule has 0 bridgehead atoms. The van der Waals surface area contributed by atoms with Crippen molar-refractivity contribution in [1.82, 2.24) is 0 Å². The molecule has 0 saturated heterocycles. The van der Waals surface area contributed by atoms with Gasteiger partial charge in [0.15, 0.2) is 0 Å². The number of allylic oxidation sites excluding steroid dienone is 4. The van der Waals surface area contributed by atoms with E-state index in [0.717, 1.165) is 0 Å². The third kappa shape index (κ3) is 9.02. The number of hydrogen-bond donors (Lipinski definition) is 0. The minimum Gasteiger partial charge on any atom is -1.00 e. The first kappa shape index (κ1) is 19.3. The van der Waals surface area contributed by atoms with Gasteiger partial charge in [0, 0.05) is 0 Å². The van der Waals surface area contributed by atoms with Crippen molar-refractivity contribution in [3.05, 3.63) is 21.0 Å². The predicted octanol–water partition coefficient (Wildman–Crippen LogP) is -1.49. The van der Waals surface area contributed by atoms with Crippen LogP contribution >= 0.6 is 0 Å². The molecule has 0 atom stereocenters. The standard InChI is InChI=1S/C13H21.2ClH.Zr/c1-2-3-4-5-6-7-10-13-11-8-9-12-13;;;/h11-12H,2-8,10H2,1H3;2*1H;/q;;;+2/p-2. The maximum atomic E-state index is 2.41. The van der Waals surface area contributed by atoms with Gasteiger partial charge in [-0.2, -0.15) is 0 Å². The van der Waals surface area contributed by atoms with Crippen molar-refractivity contribution in [2.24, 2.45) is 0 Å². The van der Waals surface area contributed by atoms with Gasteiger partial charge in [0.2, 0.25) is 0 Å². The van der Waals surface area contributed by atoms with Gasteiger partial charge in [-0.15, -0.1) is 0 Å². The summed E-state index contributed by atoms with van der Waals surface area (Å²) in [7, 11) is 0. The van der Waals surface area contributed by atoms with Crippen LogP contribution in [0.1, 0.15) is 58.3 Å². The van der Waals surface area contributed by atoms with Crippen molar-refractivity contribution in [1.29, 1.82) is 0 Å². The van der Waals surface area contributed by atoms with Crippen molar-refractivity contribution in [2.45, 2.75) is 58.3 Å². The number of hydrogen-bond acceptors (Lipinski definition) is 0. The molecule has 91 valence electrons. The normalized spacial score (nSPS) is 13.7. The van der Waals surface area contributed by atoms with E-state index in [1.807, 2.05) is 0 Å². The van der Waals surface area contributed by atoms with Gasteiger partial charge >= 0.3 is 104 Å². The van der Waals surface area contributed by atoms with E-state index in [1.54, 1.807) is 33.6 Å². The Labute approximate surface area is 128 Å². The van der Waals surface area contributed by atoms with E-state index in [1.165, 1.54) is 51.4 Å². The van der Waals surface area contributed by atoms with Gasteiger partial charge in [0.05, 0.1) is 0 Å². The Morgan fingerprint density at radius 2 is 1.69 bits per heavy atom. The van der Waals surface area contributed by atoms with Crippen LogP contribution in [0.4, 0.5) is 0 Å². The Morgan fingerprint density at radius 1 is 1.06 bits per heavy atom. The molecule has 0 aromatic heterocycles. The molecule has 3 heteroatoms. The third-order valence-electron chi connectivity index (χ3n) is 2.76. The predicted molar refractivity (Wildman–Crippen MR) is 58.8 cm³/mol. The average Bonchev–Trinajstić information content (AvgIpc) is 2.58. The molecule has 1 aliphatic rings. The van der Waals surface area contributed by atoms with E-state index >= 15 is 0 Å². The molecule has 0 aromatic rings. The fraction of sp³-hybridized carbons (Fsp3) is 0.692. The molecule has 0 unspecified atom stereocenters. The topological polar surface area (TPSA) is 0 Å². The Balaban J connectivity index is 0. The summed E-state index contributed by atoms with van der Waals surface area (Å²) in [5, 5.41) is 0. The van der Waals surface area contributed by atoms with Gasteiger partial charge in [-0.3, -0.25) is 0 Å². The van der Waals surface area contributed by atoms with Crippen LogP contribution in [-0.4, -0.2) is 0 Å².